The Hall–Kier alpha value is -1.40. The molecule has 0 aromatic heterocycles. The van der Waals surface area contributed by atoms with Gasteiger partial charge in [0.05, 0.1) is 19.6 Å². The summed E-state index contributed by atoms with van der Waals surface area (Å²) >= 11 is 0. The number of esters is 1. The highest BCUT2D eigenvalue weighted by atomic mass is 19.3. The van der Waals surface area contributed by atoms with E-state index in [0.29, 0.717) is 26.2 Å². The minimum atomic E-state index is -3.66. The van der Waals surface area contributed by atoms with Gasteiger partial charge in [-0.15, -0.1) is 0 Å². The molecule has 1 saturated heterocycles. The van der Waals surface area contributed by atoms with E-state index in [1.54, 1.807) is 0 Å². The van der Waals surface area contributed by atoms with Crippen LogP contribution in [0.2, 0.25) is 0 Å². The monoisotopic (exact) mass is 567 g/mol. The summed E-state index contributed by atoms with van der Waals surface area (Å²) in [5.74, 6) is -4.77. The number of carbonyl (C=O) groups excluding carboxylic acids is 1. The lowest BCUT2D eigenvalue weighted by Gasteiger charge is -2.48. The van der Waals surface area contributed by atoms with Crippen LogP contribution in [0.4, 0.5) is 8.78 Å². The van der Waals surface area contributed by atoms with Crippen LogP contribution in [-0.2, 0) is 33.2 Å². The zero-order valence-corrected chi connectivity index (χ0v) is 24.5. The van der Waals surface area contributed by atoms with E-state index in [0.717, 1.165) is 44.9 Å². The van der Waals surface area contributed by atoms with Crippen molar-refractivity contribution in [3.8, 4) is 0 Å². The Labute approximate surface area is 232 Å². The number of halogens is 2. The molecule has 0 aliphatic carbocycles. The molecule has 11 heteroatoms. The predicted molar refractivity (Wildman–Crippen MR) is 144 cm³/mol. The molecule has 1 aliphatic heterocycles. The van der Waals surface area contributed by atoms with Gasteiger partial charge in [-0.2, -0.15) is 0 Å². The van der Waals surface area contributed by atoms with E-state index in [1.807, 2.05) is 27.7 Å². The molecule has 1 heterocycles. The topological polar surface area (TPSA) is 105 Å². The van der Waals surface area contributed by atoms with Crippen LogP contribution in [0.25, 0.3) is 0 Å². The van der Waals surface area contributed by atoms with Crippen molar-refractivity contribution in [2.45, 2.75) is 129 Å². The summed E-state index contributed by atoms with van der Waals surface area (Å²) in [4.78, 5) is 12.1. The van der Waals surface area contributed by atoms with E-state index in [1.165, 1.54) is 6.92 Å². The minimum absolute atomic E-state index is 0.0392. The Morgan fingerprint density at radius 1 is 0.821 bits per heavy atom. The SMILES string of the molecule is CCCCOC[C@H]1O[C@@H](C(F)(F)C/C(=N/O)C(=O)OCC)[C@H](OCCCC)[C@@H](OCCCC)[C@H]1OCCCC. The largest absolute Gasteiger partial charge is 0.461 e. The number of hydrogen-bond donors (Lipinski definition) is 1. The molecule has 0 aromatic rings. The van der Waals surface area contributed by atoms with Crippen molar-refractivity contribution in [2.75, 3.05) is 39.6 Å². The molecular weight excluding hydrogens is 516 g/mol. The first kappa shape index (κ1) is 35.6. The van der Waals surface area contributed by atoms with Crippen LogP contribution in [0.15, 0.2) is 5.16 Å². The number of oxime groups is 1. The molecule has 230 valence electrons. The molecule has 0 saturated carbocycles. The summed E-state index contributed by atoms with van der Waals surface area (Å²) in [5, 5.41) is 12.1. The molecule has 1 N–H and O–H groups in total. The molecule has 0 aromatic carbocycles. The zero-order valence-electron chi connectivity index (χ0n) is 24.5. The third-order valence-electron chi connectivity index (χ3n) is 6.43. The summed E-state index contributed by atoms with van der Waals surface area (Å²) in [7, 11) is 0. The van der Waals surface area contributed by atoms with Gasteiger partial charge in [0.2, 0.25) is 0 Å². The predicted octanol–water partition coefficient (Wildman–Crippen LogP) is 5.55. The fourth-order valence-electron chi connectivity index (χ4n) is 4.19. The molecule has 39 heavy (non-hydrogen) atoms. The highest BCUT2D eigenvalue weighted by molar-refractivity contribution is 6.36. The number of rotatable bonds is 22. The van der Waals surface area contributed by atoms with Gasteiger partial charge in [0.25, 0.3) is 5.92 Å². The smallest absolute Gasteiger partial charge is 0.356 e. The van der Waals surface area contributed by atoms with E-state index < -0.39 is 54.5 Å². The summed E-state index contributed by atoms with van der Waals surface area (Å²) < 4.78 is 67.1. The molecule has 5 atom stereocenters. The second kappa shape index (κ2) is 20.5. The Bertz CT molecular complexity index is 682. The summed E-state index contributed by atoms with van der Waals surface area (Å²) in [6, 6.07) is 0. The van der Waals surface area contributed by atoms with Crippen LogP contribution < -0.4 is 0 Å². The second-order valence-electron chi connectivity index (χ2n) is 9.80. The standard InChI is InChI=1S/C28H51F2NO8/c1-6-11-15-34-20-22-23(36-16-12-7-2)24(37-17-13-8-3)25(38-18-14-9-4)26(39-22)28(29,30)19-21(31-33)27(32)35-10-5/h22-26,33H,6-20H2,1-5H3/b31-21-/t22-,23+,24+,25-,26-/m1/s1. The van der Waals surface area contributed by atoms with Crippen LogP contribution in [0, 0.1) is 0 Å². The summed E-state index contributed by atoms with van der Waals surface area (Å²) in [5.41, 5.74) is -0.793. The van der Waals surface area contributed by atoms with E-state index in [4.69, 9.17) is 28.4 Å². The lowest BCUT2D eigenvalue weighted by Crippen LogP contribution is -2.65. The van der Waals surface area contributed by atoms with Crippen LogP contribution in [-0.4, -0.2) is 93.0 Å². The van der Waals surface area contributed by atoms with Gasteiger partial charge in [-0.25, -0.2) is 13.6 Å². The Balaban J connectivity index is 3.42. The average Bonchev–Trinajstić information content (AvgIpc) is 2.91. The van der Waals surface area contributed by atoms with Crippen LogP contribution in [0.1, 0.15) is 92.4 Å². The molecule has 0 bridgehead atoms. The normalized spacial score (nSPS) is 24.2. The quantitative estimate of drug-likeness (QED) is 0.0597. The summed E-state index contributed by atoms with van der Waals surface area (Å²) in [6.07, 6.45) is -0.0692. The molecule has 0 amide bonds. The van der Waals surface area contributed by atoms with Gasteiger partial charge in [0.1, 0.15) is 24.4 Å². The number of nitrogens with zero attached hydrogens (tertiary/aromatic N) is 1. The number of hydrogen-bond acceptors (Lipinski definition) is 9. The molecule has 9 nitrogen and oxygen atoms in total. The highest BCUT2D eigenvalue weighted by Crippen LogP contribution is 2.38. The molecule has 1 aliphatic rings. The lowest BCUT2D eigenvalue weighted by atomic mass is 9.89. The molecule has 0 radical (unpaired) electrons. The first-order valence-corrected chi connectivity index (χ1v) is 14.6. The molecular formula is C28H51F2NO8. The number of ether oxygens (including phenoxy) is 6. The van der Waals surface area contributed by atoms with Gasteiger partial charge in [-0.1, -0.05) is 58.5 Å². The van der Waals surface area contributed by atoms with Gasteiger partial charge >= 0.3 is 5.97 Å². The van der Waals surface area contributed by atoms with Crippen molar-refractivity contribution in [1.82, 2.24) is 0 Å². The van der Waals surface area contributed by atoms with Crippen molar-refractivity contribution in [1.29, 1.82) is 0 Å². The molecule has 1 rings (SSSR count). The van der Waals surface area contributed by atoms with Crippen molar-refractivity contribution < 1.29 is 47.2 Å². The fraction of sp³-hybridized carbons (Fsp3) is 0.929. The number of unbranched alkanes of at least 4 members (excludes halogenated alkanes) is 4. The Morgan fingerprint density at radius 3 is 1.85 bits per heavy atom. The maximum absolute atomic E-state index is 16.0. The van der Waals surface area contributed by atoms with Gasteiger partial charge < -0.3 is 33.6 Å². The molecule has 0 spiro atoms. The third-order valence-corrected chi connectivity index (χ3v) is 6.43. The fourth-order valence-corrected chi connectivity index (χ4v) is 4.19. The van der Waals surface area contributed by atoms with Gasteiger partial charge in [0.15, 0.2) is 11.8 Å². The van der Waals surface area contributed by atoms with Crippen LogP contribution >= 0.6 is 0 Å². The Morgan fingerprint density at radius 2 is 1.33 bits per heavy atom. The lowest BCUT2D eigenvalue weighted by molar-refractivity contribution is -0.303. The van der Waals surface area contributed by atoms with E-state index in [2.05, 4.69) is 5.16 Å². The second-order valence-corrected chi connectivity index (χ2v) is 9.80. The maximum atomic E-state index is 16.0. The van der Waals surface area contributed by atoms with E-state index in [9.17, 15) is 10.0 Å². The third kappa shape index (κ3) is 12.3. The molecule has 0 unspecified atom stereocenters. The van der Waals surface area contributed by atoms with Gasteiger partial charge in [0, 0.05) is 26.4 Å². The molecule has 1 fully saturated rings. The Kier molecular flexibility index (Phi) is 18.7. The van der Waals surface area contributed by atoms with Crippen molar-refractivity contribution >= 4 is 11.7 Å². The van der Waals surface area contributed by atoms with E-state index in [-0.39, 0.29) is 19.8 Å². The average molecular weight is 568 g/mol. The van der Waals surface area contributed by atoms with Crippen LogP contribution in [0.5, 0.6) is 0 Å². The summed E-state index contributed by atoms with van der Waals surface area (Å²) in [6.45, 7) is 11.0. The minimum Gasteiger partial charge on any atom is -0.461 e. The maximum Gasteiger partial charge on any atom is 0.356 e. The van der Waals surface area contributed by atoms with E-state index >= 15 is 8.78 Å². The van der Waals surface area contributed by atoms with Crippen molar-refractivity contribution in [3.05, 3.63) is 0 Å². The van der Waals surface area contributed by atoms with Crippen LogP contribution in [0.3, 0.4) is 0 Å². The van der Waals surface area contributed by atoms with Crippen molar-refractivity contribution in [2.24, 2.45) is 5.16 Å². The van der Waals surface area contributed by atoms with Gasteiger partial charge in [-0.3, -0.25) is 0 Å². The van der Waals surface area contributed by atoms with Crippen molar-refractivity contribution in [3.63, 3.8) is 0 Å². The first-order chi connectivity index (χ1) is 18.8. The zero-order chi connectivity index (χ0) is 29.1. The first-order valence-electron chi connectivity index (χ1n) is 14.6. The van der Waals surface area contributed by atoms with Gasteiger partial charge in [-0.05, 0) is 32.6 Å². The number of carbonyl (C=O) groups is 1. The highest BCUT2D eigenvalue weighted by Gasteiger charge is 2.57. The number of alkyl halides is 2.